The molecule has 1 amide bonds. The minimum atomic E-state index is -0.221. The van der Waals surface area contributed by atoms with E-state index in [9.17, 15) is 9.59 Å². The second-order valence-corrected chi connectivity index (χ2v) is 6.61. The van der Waals surface area contributed by atoms with Gasteiger partial charge in [-0.25, -0.2) is 9.97 Å². The van der Waals surface area contributed by atoms with E-state index in [0.717, 1.165) is 0 Å². The standard InChI is InChI=1S/C20H19N5O3/c1-4-25(10-16-22-15-8-6-5-7-13(15)18(26)23-16)20(27)14-9-11(2)21-19-17(14)12(3)24-28-19/h5-9H,4,10H2,1-3H3,(H,22,23,26). The van der Waals surface area contributed by atoms with Crippen molar-refractivity contribution < 1.29 is 9.32 Å². The van der Waals surface area contributed by atoms with E-state index in [1.165, 1.54) is 0 Å². The van der Waals surface area contributed by atoms with Gasteiger partial charge in [0.05, 0.1) is 34.1 Å². The molecule has 4 aromatic rings. The number of aryl methyl sites for hydroxylation is 2. The number of nitrogens with zero attached hydrogens (tertiary/aromatic N) is 4. The summed E-state index contributed by atoms with van der Waals surface area (Å²) in [7, 11) is 0. The van der Waals surface area contributed by atoms with Gasteiger partial charge in [-0.15, -0.1) is 0 Å². The van der Waals surface area contributed by atoms with E-state index >= 15 is 0 Å². The Morgan fingerprint density at radius 1 is 1.21 bits per heavy atom. The summed E-state index contributed by atoms with van der Waals surface area (Å²) in [6, 6.07) is 8.85. The predicted molar refractivity (Wildman–Crippen MR) is 104 cm³/mol. The van der Waals surface area contributed by atoms with Crippen LogP contribution in [0.2, 0.25) is 0 Å². The molecule has 0 unspecified atom stereocenters. The highest BCUT2D eigenvalue weighted by atomic mass is 16.5. The lowest BCUT2D eigenvalue weighted by Crippen LogP contribution is -2.32. The van der Waals surface area contributed by atoms with Crippen LogP contribution in [-0.4, -0.2) is 37.5 Å². The Hall–Kier alpha value is -3.55. The molecule has 1 aromatic carbocycles. The number of pyridine rings is 1. The zero-order valence-electron chi connectivity index (χ0n) is 15.8. The van der Waals surface area contributed by atoms with Gasteiger partial charge in [0, 0.05) is 12.2 Å². The van der Waals surface area contributed by atoms with E-state index < -0.39 is 0 Å². The summed E-state index contributed by atoms with van der Waals surface area (Å²) in [5.74, 6) is 0.239. The van der Waals surface area contributed by atoms with Crippen LogP contribution >= 0.6 is 0 Å². The van der Waals surface area contributed by atoms with Gasteiger partial charge in [0.1, 0.15) is 5.82 Å². The zero-order valence-corrected chi connectivity index (χ0v) is 15.8. The Morgan fingerprint density at radius 2 is 2.00 bits per heavy atom. The maximum Gasteiger partial charge on any atom is 0.258 e. The fourth-order valence-corrected chi connectivity index (χ4v) is 3.27. The largest absolute Gasteiger partial charge is 0.336 e. The smallest absolute Gasteiger partial charge is 0.258 e. The number of aromatic nitrogens is 4. The highest BCUT2D eigenvalue weighted by molar-refractivity contribution is 6.06. The lowest BCUT2D eigenvalue weighted by atomic mass is 10.1. The number of H-pyrrole nitrogens is 1. The van der Waals surface area contributed by atoms with E-state index in [4.69, 9.17) is 4.52 Å². The number of para-hydroxylation sites is 1. The number of benzene rings is 1. The zero-order chi connectivity index (χ0) is 19.8. The maximum absolute atomic E-state index is 13.3. The SMILES string of the molecule is CCN(Cc1nc2ccccc2c(=O)[nH]1)C(=O)c1cc(C)nc2onc(C)c12. The van der Waals surface area contributed by atoms with Gasteiger partial charge in [0.2, 0.25) is 0 Å². The van der Waals surface area contributed by atoms with Crippen molar-refractivity contribution in [2.45, 2.75) is 27.3 Å². The molecule has 0 aliphatic heterocycles. The first-order valence-corrected chi connectivity index (χ1v) is 8.98. The molecule has 0 spiro atoms. The number of rotatable bonds is 4. The molecule has 0 aliphatic carbocycles. The molecule has 1 N–H and O–H groups in total. The molecular weight excluding hydrogens is 358 g/mol. The second-order valence-electron chi connectivity index (χ2n) is 6.61. The van der Waals surface area contributed by atoms with Gasteiger partial charge in [-0.1, -0.05) is 17.3 Å². The summed E-state index contributed by atoms with van der Waals surface area (Å²) in [4.78, 5) is 38.7. The molecular formula is C20H19N5O3. The van der Waals surface area contributed by atoms with E-state index in [1.54, 1.807) is 43.0 Å². The molecule has 0 aliphatic rings. The molecule has 0 radical (unpaired) electrons. The van der Waals surface area contributed by atoms with Gasteiger partial charge in [0.15, 0.2) is 0 Å². The normalized spacial score (nSPS) is 11.2. The lowest BCUT2D eigenvalue weighted by Gasteiger charge is -2.21. The summed E-state index contributed by atoms with van der Waals surface area (Å²) in [5.41, 5.74) is 2.47. The highest BCUT2D eigenvalue weighted by Gasteiger charge is 2.22. The first kappa shape index (κ1) is 17.8. The topological polar surface area (TPSA) is 105 Å². The van der Waals surface area contributed by atoms with Gasteiger partial charge in [-0.3, -0.25) is 9.59 Å². The third-order valence-corrected chi connectivity index (χ3v) is 4.65. The predicted octanol–water partition coefficient (Wildman–Crippen LogP) is 2.74. The number of fused-ring (bicyclic) bond motifs is 2. The summed E-state index contributed by atoms with van der Waals surface area (Å²) in [6.07, 6.45) is 0. The Kier molecular flexibility index (Phi) is 4.38. The maximum atomic E-state index is 13.3. The molecule has 0 bridgehead atoms. The van der Waals surface area contributed by atoms with Crippen molar-refractivity contribution in [3.8, 4) is 0 Å². The number of carbonyl (C=O) groups is 1. The second kappa shape index (κ2) is 6.88. The summed E-state index contributed by atoms with van der Waals surface area (Å²) < 4.78 is 5.22. The van der Waals surface area contributed by atoms with Crippen LogP contribution in [0.15, 0.2) is 39.6 Å². The van der Waals surface area contributed by atoms with Gasteiger partial charge < -0.3 is 14.4 Å². The first-order chi connectivity index (χ1) is 13.5. The lowest BCUT2D eigenvalue weighted by molar-refractivity contribution is 0.0750. The van der Waals surface area contributed by atoms with Gasteiger partial charge in [-0.2, -0.15) is 0 Å². The van der Waals surface area contributed by atoms with Crippen molar-refractivity contribution in [3.63, 3.8) is 0 Å². The molecule has 8 heteroatoms. The van der Waals surface area contributed by atoms with Crippen LogP contribution in [0.3, 0.4) is 0 Å². The van der Waals surface area contributed by atoms with Crippen molar-refractivity contribution in [1.29, 1.82) is 0 Å². The minimum absolute atomic E-state index is 0.183. The number of nitrogens with one attached hydrogen (secondary N) is 1. The van der Waals surface area contributed by atoms with Crippen molar-refractivity contribution in [3.05, 3.63) is 63.5 Å². The number of hydrogen-bond donors (Lipinski definition) is 1. The summed E-state index contributed by atoms with van der Waals surface area (Å²) >= 11 is 0. The molecule has 0 fully saturated rings. The number of carbonyl (C=O) groups excluding carboxylic acids is 1. The molecule has 28 heavy (non-hydrogen) atoms. The Labute approximate surface area is 160 Å². The summed E-state index contributed by atoms with van der Waals surface area (Å²) in [5, 5.41) is 5.05. The molecule has 0 atom stereocenters. The van der Waals surface area contributed by atoms with Crippen LogP contribution < -0.4 is 5.56 Å². The van der Waals surface area contributed by atoms with E-state index in [-0.39, 0.29) is 18.0 Å². The fourth-order valence-electron chi connectivity index (χ4n) is 3.27. The van der Waals surface area contributed by atoms with Gasteiger partial charge in [-0.05, 0) is 39.0 Å². The van der Waals surface area contributed by atoms with Gasteiger partial charge in [0.25, 0.3) is 17.2 Å². The van der Waals surface area contributed by atoms with E-state index in [0.29, 0.717) is 51.3 Å². The molecule has 142 valence electrons. The number of amides is 1. The molecule has 8 nitrogen and oxygen atoms in total. The number of hydrogen-bond acceptors (Lipinski definition) is 6. The van der Waals surface area contributed by atoms with Gasteiger partial charge >= 0.3 is 0 Å². The minimum Gasteiger partial charge on any atom is -0.336 e. The average molecular weight is 377 g/mol. The van der Waals surface area contributed by atoms with E-state index in [1.807, 2.05) is 13.0 Å². The number of aromatic amines is 1. The quantitative estimate of drug-likeness (QED) is 0.586. The highest BCUT2D eigenvalue weighted by Crippen LogP contribution is 2.23. The third-order valence-electron chi connectivity index (χ3n) is 4.65. The Bertz CT molecular complexity index is 1260. The van der Waals surface area contributed by atoms with Crippen molar-refractivity contribution in [2.24, 2.45) is 0 Å². The van der Waals surface area contributed by atoms with Crippen LogP contribution in [0.5, 0.6) is 0 Å². The van der Waals surface area contributed by atoms with Crippen LogP contribution in [0.4, 0.5) is 0 Å². The molecule has 0 saturated carbocycles. The van der Waals surface area contributed by atoms with Crippen LogP contribution in [-0.2, 0) is 6.54 Å². The van der Waals surface area contributed by atoms with Crippen LogP contribution in [0.25, 0.3) is 22.0 Å². The Morgan fingerprint density at radius 3 is 2.79 bits per heavy atom. The molecule has 3 heterocycles. The fraction of sp³-hybridized carbons (Fsp3) is 0.250. The third kappa shape index (κ3) is 3.02. The van der Waals surface area contributed by atoms with Crippen molar-refractivity contribution in [1.82, 2.24) is 25.0 Å². The first-order valence-electron chi connectivity index (χ1n) is 8.98. The molecule has 3 aromatic heterocycles. The van der Waals surface area contributed by atoms with Crippen LogP contribution in [0, 0.1) is 13.8 Å². The molecule has 4 rings (SSSR count). The monoisotopic (exact) mass is 377 g/mol. The van der Waals surface area contributed by atoms with Crippen molar-refractivity contribution >= 4 is 27.9 Å². The van der Waals surface area contributed by atoms with Crippen molar-refractivity contribution in [2.75, 3.05) is 6.54 Å². The average Bonchev–Trinajstić information content (AvgIpc) is 3.05. The summed E-state index contributed by atoms with van der Waals surface area (Å²) in [6.45, 7) is 6.08. The molecule has 0 saturated heterocycles. The van der Waals surface area contributed by atoms with E-state index in [2.05, 4.69) is 20.1 Å². The Balaban J connectivity index is 1.73. The van der Waals surface area contributed by atoms with Crippen LogP contribution in [0.1, 0.15) is 34.5 Å².